The van der Waals surface area contributed by atoms with E-state index in [9.17, 15) is 30.7 Å². The average Bonchev–Trinajstić information content (AvgIpc) is 3.53. The minimum atomic E-state index is -5.08. The minimum Gasteiger partial charge on any atom is -0.475 e. The van der Waals surface area contributed by atoms with E-state index in [0.29, 0.717) is 12.5 Å². The van der Waals surface area contributed by atoms with Crippen molar-refractivity contribution in [1.29, 1.82) is 0 Å². The first-order valence-electron chi connectivity index (χ1n) is 11.2. The number of fused-ring (bicyclic) bond motifs is 1. The van der Waals surface area contributed by atoms with E-state index in [1.165, 1.54) is 36.4 Å². The second kappa shape index (κ2) is 13.0. The van der Waals surface area contributed by atoms with Crippen molar-refractivity contribution in [3.63, 3.8) is 0 Å². The van der Waals surface area contributed by atoms with Gasteiger partial charge in [0, 0.05) is 44.9 Å². The van der Waals surface area contributed by atoms with E-state index in [0.717, 1.165) is 37.7 Å². The third-order valence-electron chi connectivity index (χ3n) is 5.52. The lowest BCUT2D eigenvalue weighted by Gasteiger charge is -2.33. The lowest BCUT2D eigenvalue weighted by molar-refractivity contribution is -0.193. The zero-order valence-corrected chi connectivity index (χ0v) is 20.1. The van der Waals surface area contributed by atoms with Crippen molar-refractivity contribution in [2.45, 2.75) is 50.7 Å². The lowest BCUT2D eigenvalue weighted by atomic mass is 9.98. The molecule has 2 N–H and O–H groups in total. The van der Waals surface area contributed by atoms with E-state index >= 15 is 0 Å². The molecule has 0 amide bonds. The number of benzene rings is 1. The number of carbonyl (C=O) groups is 2. The molecule has 0 saturated heterocycles. The summed E-state index contributed by atoms with van der Waals surface area (Å²) in [5.74, 6) is -4.51. The zero-order chi connectivity index (χ0) is 28.7. The smallest absolute Gasteiger partial charge is 0.475 e. The van der Waals surface area contributed by atoms with Gasteiger partial charge in [-0.25, -0.2) is 19.0 Å². The van der Waals surface area contributed by atoms with Crippen LogP contribution < -0.4 is 0 Å². The molecule has 1 aliphatic heterocycles. The molecule has 0 radical (unpaired) electrons. The molecule has 8 nitrogen and oxygen atoms in total. The Morgan fingerprint density at radius 2 is 1.55 bits per heavy atom. The fourth-order valence-corrected chi connectivity index (χ4v) is 3.73. The van der Waals surface area contributed by atoms with E-state index in [4.69, 9.17) is 24.5 Å². The van der Waals surface area contributed by atoms with Gasteiger partial charge in [0.1, 0.15) is 5.82 Å². The van der Waals surface area contributed by atoms with Crippen molar-refractivity contribution >= 4 is 11.9 Å². The molecule has 1 aromatic heterocycles. The van der Waals surface area contributed by atoms with Gasteiger partial charge >= 0.3 is 24.3 Å². The van der Waals surface area contributed by atoms with E-state index in [1.807, 2.05) is 18.5 Å². The molecule has 1 aromatic carbocycles. The molecule has 0 spiro atoms. The first-order chi connectivity index (χ1) is 17.6. The van der Waals surface area contributed by atoms with Crippen molar-refractivity contribution < 1.29 is 55.3 Å². The quantitative estimate of drug-likeness (QED) is 0.506. The van der Waals surface area contributed by atoms with Gasteiger partial charge in [-0.3, -0.25) is 4.90 Å². The summed E-state index contributed by atoms with van der Waals surface area (Å²) >= 11 is 0. The van der Waals surface area contributed by atoms with E-state index in [-0.39, 0.29) is 5.82 Å². The van der Waals surface area contributed by atoms with Gasteiger partial charge in [-0.1, -0.05) is 12.1 Å². The second-order valence-electron chi connectivity index (χ2n) is 8.73. The summed E-state index contributed by atoms with van der Waals surface area (Å²) in [4.78, 5) is 24.9. The van der Waals surface area contributed by atoms with Crippen molar-refractivity contribution in [2.75, 3.05) is 20.3 Å². The maximum Gasteiger partial charge on any atom is 0.490 e. The standard InChI is InChI=1S/C19H24FN3O.2C2HF3O2/c1-24-12-16-10-22(8-14-4-6-17(20)7-5-14)11-18-19(16)23(13-21-18)9-15-2-3-15;2*3-2(4,5)1(6)7/h4-7,13,15-16H,2-3,8-12H2,1H3;2*(H,6,7). The molecule has 15 heteroatoms. The molecule has 2 aromatic rings. The first kappa shape index (κ1) is 31.0. The van der Waals surface area contributed by atoms with Crippen LogP contribution in [0.1, 0.15) is 35.7 Å². The Morgan fingerprint density at radius 1 is 1.03 bits per heavy atom. The van der Waals surface area contributed by atoms with Crippen molar-refractivity contribution in [3.05, 3.63) is 53.4 Å². The summed E-state index contributed by atoms with van der Waals surface area (Å²) in [6, 6.07) is 6.78. The molecular weight excluding hydrogens is 531 g/mol. The van der Waals surface area contributed by atoms with E-state index in [2.05, 4.69) is 14.5 Å². The number of alkyl halides is 6. The normalized spacial score (nSPS) is 17.4. The molecule has 1 aliphatic carbocycles. The summed E-state index contributed by atoms with van der Waals surface area (Å²) in [6.07, 6.45) is -5.47. The number of halogens is 7. The number of ether oxygens (including phenoxy) is 1. The zero-order valence-electron chi connectivity index (χ0n) is 20.1. The SMILES string of the molecule is COCC1CN(Cc2ccc(F)cc2)Cc2ncn(CC3CC3)c21.O=C(O)C(F)(F)F.O=C(O)C(F)(F)F. The fourth-order valence-electron chi connectivity index (χ4n) is 3.73. The predicted molar refractivity (Wildman–Crippen MR) is 117 cm³/mol. The van der Waals surface area contributed by atoms with Crippen LogP contribution in [-0.2, 0) is 34.0 Å². The highest BCUT2D eigenvalue weighted by molar-refractivity contribution is 5.73. The van der Waals surface area contributed by atoms with Gasteiger partial charge in [-0.15, -0.1) is 0 Å². The highest BCUT2D eigenvalue weighted by atomic mass is 19.4. The third kappa shape index (κ3) is 9.93. The number of hydrogen-bond donors (Lipinski definition) is 2. The number of carboxylic acids is 2. The highest BCUT2D eigenvalue weighted by Crippen LogP contribution is 2.34. The maximum atomic E-state index is 13.1. The van der Waals surface area contributed by atoms with Crippen LogP contribution in [0.25, 0.3) is 0 Å². The van der Waals surface area contributed by atoms with E-state index < -0.39 is 24.3 Å². The van der Waals surface area contributed by atoms with Gasteiger partial charge in [-0.05, 0) is 36.5 Å². The van der Waals surface area contributed by atoms with Gasteiger partial charge in [-0.2, -0.15) is 26.3 Å². The second-order valence-corrected chi connectivity index (χ2v) is 8.73. The van der Waals surface area contributed by atoms with Crippen LogP contribution in [0.4, 0.5) is 30.7 Å². The number of aliphatic carboxylic acids is 2. The van der Waals surface area contributed by atoms with Gasteiger partial charge in [0.05, 0.1) is 18.6 Å². The molecule has 1 saturated carbocycles. The number of rotatable bonds is 6. The van der Waals surface area contributed by atoms with Crippen molar-refractivity contribution in [1.82, 2.24) is 14.5 Å². The molecule has 1 fully saturated rings. The summed E-state index contributed by atoms with van der Waals surface area (Å²) in [5, 5.41) is 14.2. The maximum absolute atomic E-state index is 13.1. The molecular formula is C23H26F7N3O5. The predicted octanol–water partition coefficient (Wildman–Crippen LogP) is 4.44. The van der Waals surface area contributed by atoms with Crippen LogP contribution in [0.15, 0.2) is 30.6 Å². The number of hydrogen-bond acceptors (Lipinski definition) is 5. The molecule has 4 rings (SSSR count). The van der Waals surface area contributed by atoms with Crippen LogP contribution in [0.3, 0.4) is 0 Å². The summed E-state index contributed by atoms with van der Waals surface area (Å²) in [6.45, 7) is 4.43. The fraction of sp³-hybridized carbons (Fsp3) is 0.522. The largest absolute Gasteiger partial charge is 0.490 e. The number of imidazole rings is 1. The number of methoxy groups -OCH3 is 1. The van der Waals surface area contributed by atoms with Crippen molar-refractivity contribution in [2.24, 2.45) is 5.92 Å². The van der Waals surface area contributed by atoms with E-state index in [1.54, 1.807) is 7.11 Å². The van der Waals surface area contributed by atoms with Gasteiger partial charge in [0.25, 0.3) is 0 Å². The van der Waals surface area contributed by atoms with Gasteiger partial charge < -0.3 is 19.5 Å². The van der Waals surface area contributed by atoms with Crippen LogP contribution in [0.2, 0.25) is 0 Å². The average molecular weight is 557 g/mol. The Labute approximate surface area is 212 Å². The Morgan fingerprint density at radius 3 is 2.00 bits per heavy atom. The Hall–Kier alpha value is -3.20. The highest BCUT2D eigenvalue weighted by Gasteiger charge is 2.39. The molecule has 2 heterocycles. The first-order valence-corrected chi connectivity index (χ1v) is 11.2. The van der Waals surface area contributed by atoms with Crippen molar-refractivity contribution in [3.8, 4) is 0 Å². The molecule has 38 heavy (non-hydrogen) atoms. The van der Waals surface area contributed by atoms with Crippen LogP contribution in [0, 0.1) is 11.7 Å². The van der Waals surface area contributed by atoms with Crippen LogP contribution in [0.5, 0.6) is 0 Å². The molecule has 212 valence electrons. The van der Waals surface area contributed by atoms with Crippen LogP contribution in [-0.4, -0.2) is 69.2 Å². The van der Waals surface area contributed by atoms with Crippen LogP contribution >= 0.6 is 0 Å². The Balaban J connectivity index is 0.000000301. The molecule has 0 bridgehead atoms. The third-order valence-corrected chi connectivity index (χ3v) is 5.52. The Kier molecular flexibility index (Phi) is 10.6. The molecule has 1 unspecified atom stereocenters. The topological polar surface area (TPSA) is 105 Å². The summed E-state index contributed by atoms with van der Waals surface area (Å²) < 4.78 is 84.4. The van der Waals surface area contributed by atoms with Gasteiger partial charge in [0.15, 0.2) is 0 Å². The number of nitrogens with zero attached hydrogens (tertiary/aromatic N) is 3. The molecule has 2 aliphatic rings. The monoisotopic (exact) mass is 557 g/mol. The number of carboxylic acid groups (broad SMARTS) is 2. The summed E-state index contributed by atoms with van der Waals surface area (Å²) in [5.41, 5.74) is 3.67. The minimum absolute atomic E-state index is 0.184. The number of aromatic nitrogens is 2. The Bertz CT molecular complexity index is 1040. The lowest BCUT2D eigenvalue weighted by Crippen LogP contribution is -2.36. The summed E-state index contributed by atoms with van der Waals surface area (Å²) in [7, 11) is 1.76. The molecule has 1 atom stereocenters. The van der Waals surface area contributed by atoms with Gasteiger partial charge in [0.2, 0.25) is 0 Å².